The van der Waals surface area contributed by atoms with Crippen molar-refractivity contribution in [2.45, 2.75) is 25.0 Å². The molecular weight excluding hydrogens is 340 g/mol. The third kappa shape index (κ3) is 3.92. The minimum atomic E-state index is -1.09. The molecule has 2 aromatic rings. The minimum Gasteiger partial charge on any atom is -0.480 e. The van der Waals surface area contributed by atoms with Crippen LogP contribution in [0.4, 0.5) is 8.78 Å². The number of nitrogens with zero attached hydrogens (tertiary/aromatic N) is 1. The van der Waals surface area contributed by atoms with Gasteiger partial charge in [0.15, 0.2) is 0 Å². The van der Waals surface area contributed by atoms with Gasteiger partial charge in [-0.3, -0.25) is 9.69 Å². The third-order valence-corrected chi connectivity index (χ3v) is 5.03. The zero-order valence-electron chi connectivity index (χ0n) is 14.2. The number of aliphatic hydroxyl groups is 1. The first-order valence-corrected chi connectivity index (χ1v) is 8.62. The summed E-state index contributed by atoms with van der Waals surface area (Å²) < 4.78 is 27.1. The Morgan fingerprint density at radius 3 is 2.23 bits per heavy atom. The lowest BCUT2D eigenvalue weighted by atomic mass is 9.86. The molecule has 3 rings (SSSR count). The van der Waals surface area contributed by atoms with Crippen molar-refractivity contribution < 1.29 is 23.8 Å². The van der Waals surface area contributed by atoms with Crippen LogP contribution in [0, 0.1) is 17.6 Å². The first-order valence-electron chi connectivity index (χ1n) is 8.62. The summed E-state index contributed by atoms with van der Waals surface area (Å²) in [7, 11) is 0. The van der Waals surface area contributed by atoms with E-state index in [1.54, 1.807) is 23.1 Å². The van der Waals surface area contributed by atoms with Crippen molar-refractivity contribution in [3.63, 3.8) is 0 Å². The van der Waals surface area contributed by atoms with E-state index >= 15 is 0 Å². The molecule has 0 amide bonds. The monoisotopic (exact) mass is 361 g/mol. The second kappa shape index (κ2) is 7.93. The van der Waals surface area contributed by atoms with Crippen molar-refractivity contribution in [3.05, 3.63) is 71.3 Å². The highest BCUT2D eigenvalue weighted by Gasteiger charge is 2.34. The molecular formula is C20H21F2NO3. The van der Waals surface area contributed by atoms with Gasteiger partial charge in [-0.2, -0.15) is 0 Å². The van der Waals surface area contributed by atoms with Crippen LogP contribution in [0.2, 0.25) is 0 Å². The van der Waals surface area contributed by atoms with E-state index in [-0.39, 0.29) is 17.3 Å². The molecule has 6 heteroatoms. The van der Waals surface area contributed by atoms with Crippen LogP contribution in [0.15, 0.2) is 48.5 Å². The molecule has 0 bridgehead atoms. The first kappa shape index (κ1) is 18.5. The maximum absolute atomic E-state index is 14.1. The molecule has 1 aliphatic rings. The molecule has 2 unspecified atom stereocenters. The molecule has 0 radical (unpaired) electrons. The maximum Gasteiger partial charge on any atom is 0.325 e. The molecule has 0 aromatic heterocycles. The summed E-state index contributed by atoms with van der Waals surface area (Å²) in [5, 5.41) is 20.1. The molecule has 4 nitrogen and oxygen atoms in total. The van der Waals surface area contributed by atoms with Crippen molar-refractivity contribution in [1.82, 2.24) is 4.90 Å². The van der Waals surface area contributed by atoms with Crippen LogP contribution in [0.25, 0.3) is 0 Å². The normalized spacial score (nSPS) is 18.4. The summed E-state index contributed by atoms with van der Waals surface area (Å²) in [4.78, 5) is 13.5. The van der Waals surface area contributed by atoms with Crippen molar-refractivity contribution >= 4 is 5.97 Å². The number of hydrogen-bond acceptors (Lipinski definition) is 3. The largest absolute Gasteiger partial charge is 0.480 e. The number of carbonyl (C=O) groups is 1. The average Bonchev–Trinajstić information content (AvgIpc) is 2.64. The average molecular weight is 361 g/mol. The number of benzene rings is 2. The zero-order chi connectivity index (χ0) is 18.7. The lowest BCUT2D eigenvalue weighted by molar-refractivity contribution is -0.144. The van der Waals surface area contributed by atoms with Crippen LogP contribution in [-0.2, 0) is 4.79 Å². The highest BCUT2D eigenvalue weighted by molar-refractivity contribution is 5.75. The van der Waals surface area contributed by atoms with Gasteiger partial charge in [-0.1, -0.05) is 30.3 Å². The number of halogens is 2. The Bertz CT molecular complexity index is 758. The van der Waals surface area contributed by atoms with Crippen LogP contribution in [0.1, 0.15) is 36.1 Å². The molecule has 1 aliphatic heterocycles. The predicted octanol–water partition coefficient (Wildman–Crippen LogP) is 3.54. The van der Waals surface area contributed by atoms with E-state index in [0.29, 0.717) is 31.5 Å². The van der Waals surface area contributed by atoms with Gasteiger partial charge in [-0.15, -0.1) is 0 Å². The van der Waals surface area contributed by atoms with E-state index in [1.165, 1.54) is 30.3 Å². The molecule has 2 N–H and O–H groups in total. The van der Waals surface area contributed by atoms with Crippen LogP contribution in [0.3, 0.4) is 0 Å². The Hall–Kier alpha value is -2.31. The molecule has 0 aliphatic carbocycles. The number of piperidine rings is 1. The van der Waals surface area contributed by atoms with Gasteiger partial charge in [0.25, 0.3) is 0 Å². The molecule has 0 saturated carbocycles. The van der Waals surface area contributed by atoms with Gasteiger partial charge < -0.3 is 10.2 Å². The SMILES string of the molecule is O=C(O)C(c1ccccc1F)N1CCC(C(O)c2ccc(F)cc2)CC1. The second-order valence-corrected chi connectivity index (χ2v) is 6.63. The molecule has 1 heterocycles. The summed E-state index contributed by atoms with van der Waals surface area (Å²) in [6, 6.07) is 10.6. The Morgan fingerprint density at radius 2 is 1.65 bits per heavy atom. The molecule has 1 saturated heterocycles. The summed E-state index contributed by atoms with van der Waals surface area (Å²) in [5.41, 5.74) is 0.797. The van der Waals surface area contributed by atoms with Gasteiger partial charge in [0.1, 0.15) is 17.7 Å². The number of aliphatic carboxylic acids is 1. The van der Waals surface area contributed by atoms with E-state index in [4.69, 9.17) is 0 Å². The van der Waals surface area contributed by atoms with Crippen LogP contribution < -0.4 is 0 Å². The molecule has 1 fully saturated rings. The number of carboxylic acids is 1. The van der Waals surface area contributed by atoms with Gasteiger partial charge in [0.05, 0.1) is 6.10 Å². The smallest absolute Gasteiger partial charge is 0.325 e. The number of carboxylic acid groups (broad SMARTS) is 1. The molecule has 138 valence electrons. The van der Waals surface area contributed by atoms with Crippen molar-refractivity contribution in [1.29, 1.82) is 0 Å². The van der Waals surface area contributed by atoms with Crippen LogP contribution in [0.5, 0.6) is 0 Å². The lowest BCUT2D eigenvalue weighted by Crippen LogP contribution is -2.41. The van der Waals surface area contributed by atoms with E-state index in [0.717, 1.165) is 0 Å². The van der Waals surface area contributed by atoms with Gasteiger partial charge in [-0.05, 0) is 55.6 Å². The number of rotatable bonds is 5. The highest BCUT2D eigenvalue weighted by Crippen LogP contribution is 2.34. The fourth-order valence-corrected chi connectivity index (χ4v) is 3.61. The molecule has 26 heavy (non-hydrogen) atoms. The van der Waals surface area contributed by atoms with Gasteiger partial charge in [0.2, 0.25) is 0 Å². The van der Waals surface area contributed by atoms with E-state index < -0.39 is 23.9 Å². The standard InChI is InChI=1S/C20H21F2NO3/c21-15-7-5-13(6-8-15)19(24)14-9-11-23(12-10-14)18(20(25)26)16-3-1-2-4-17(16)22/h1-8,14,18-19,24H,9-12H2,(H,25,26). The second-order valence-electron chi connectivity index (χ2n) is 6.63. The van der Waals surface area contributed by atoms with E-state index in [9.17, 15) is 23.8 Å². The van der Waals surface area contributed by atoms with Crippen LogP contribution in [-0.4, -0.2) is 34.2 Å². The molecule has 0 spiro atoms. The molecule has 2 aromatic carbocycles. The number of hydrogen-bond donors (Lipinski definition) is 2. The Labute approximate surface area is 150 Å². The summed E-state index contributed by atoms with van der Waals surface area (Å²) in [6.07, 6.45) is 0.433. The van der Waals surface area contributed by atoms with Gasteiger partial charge >= 0.3 is 5.97 Å². The summed E-state index contributed by atoms with van der Waals surface area (Å²) >= 11 is 0. The molecule has 2 atom stereocenters. The first-order chi connectivity index (χ1) is 12.5. The summed E-state index contributed by atoms with van der Waals surface area (Å²) in [5.74, 6) is -2.03. The third-order valence-electron chi connectivity index (χ3n) is 5.03. The van der Waals surface area contributed by atoms with E-state index in [1.807, 2.05) is 0 Å². The minimum absolute atomic E-state index is 0.0493. The van der Waals surface area contributed by atoms with E-state index in [2.05, 4.69) is 0 Å². The number of likely N-dealkylation sites (tertiary alicyclic amines) is 1. The topological polar surface area (TPSA) is 60.8 Å². The van der Waals surface area contributed by atoms with Gasteiger partial charge in [0, 0.05) is 5.56 Å². The maximum atomic E-state index is 14.1. The Morgan fingerprint density at radius 1 is 1.04 bits per heavy atom. The zero-order valence-corrected chi connectivity index (χ0v) is 14.2. The fraction of sp³-hybridized carbons (Fsp3) is 0.350. The Kier molecular flexibility index (Phi) is 5.64. The fourth-order valence-electron chi connectivity index (χ4n) is 3.61. The Balaban J connectivity index is 1.69. The highest BCUT2D eigenvalue weighted by atomic mass is 19.1. The van der Waals surface area contributed by atoms with Crippen molar-refractivity contribution in [2.75, 3.05) is 13.1 Å². The number of aliphatic hydroxyl groups excluding tert-OH is 1. The quantitative estimate of drug-likeness (QED) is 0.855. The predicted molar refractivity (Wildman–Crippen MR) is 92.4 cm³/mol. The lowest BCUT2D eigenvalue weighted by Gasteiger charge is -2.37. The van der Waals surface area contributed by atoms with Crippen LogP contribution >= 0.6 is 0 Å². The van der Waals surface area contributed by atoms with Gasteiger partial charge in [-0.25, -0.2) is 8.78 Å². The summed E-state index contributed by atoms with van der Waals surface area (Å²) in [6.45, 7) is 0.877. The van der Waals surface area contributed by atoms with Crippen molar-refractivity contribution in [3.8, 4) is 0 Å². The van der Waals surface area contributed by atoms with Crippen molar-refractivity contribution in [2.24, 2.45) is 5.92 Å².